The molecule has 2 fully saturated rings. The summed E-state index contributed by atoms with van der Waals surface area (Å²) in [7, 11) is 0. The lowest BCUT2D eigenvalue weighted by molar-refractivity contribution is 0.0653. The number of hydrogen-bond donors (Lipinski definition) is 1. The lowest BCUT2D eigenvalue weighted by Gasteiger charge is -2.45. The quantitative estimate of drug-likeness (QED) is 0.770. The monoisotopic (exact) mass is 252 g/mol. The summed E-state index contributed by atoms with van der Waals surface area (Å²) in [5, 5.41) is 3.64. The third-order valence-corrected chi connectivity index (χ3v) is 5.02. The predicted octanol–water partition coefficient (Wildman–Crippen LogP) is 3.27. The van der Waals surface area contributed by atoms with Crippen LogP contribution in [0.5, 0.6) is 0 Å². The lowest BCUT2D eigenvalue weighted by Crippen LogP contribution is -2.57. The van der Waals surface area contributed by atoms with Crippen LogP contribution in [0, 0.1) is 11.3 Å². The van der Waals surface area contributed by atoms with Crippen molar-refractivity contribution >= 4 is 0 Å². The molecule has 0 amide bonds. The fourth-order valence-electron chi connectivity index (χ4n) is 3.97. The van der Waals surface area contributed by atoms with Gasteiger partial charge in [0.2, 0.25) is 0 Å². The molecule has 1 heterocycles. The Balaban J connectivity index is 1.86. The maximum atomic E-state index is 3.64. The Bertz CT molecular complexity index is 251. The van der Waals surface area contributed by atoms with Crippen LogP contribution in [0.2, 0.25) is 0 Å². The zero-order chi connectivity index (χ0) is 13.3. The van der Waals surface area contributed by atoms with E-state index < -0.39 is 0 Å². The third kappa shape index (κ3) is 3.48. The number of rotatable bonds is 1. The summed E-state index contributed by atoms with van der Waals surface area (Å²) in [6.07, 6.45) is 5.70. The standard InChI is InChI=1S/C16H32N2/c1-12-10-18(11-13(2)17-12)15-8-6-14(7-9-15)16(3,4)5/h12-15,17H,6-11H2,1-5H3. The first-order valence-corrected chi connectivity index (χ1v) is 7.86. The molecule has 2 heteroatoms. The van der Waals surface area contributed by atoms with Crippen molar-refractivity contribution in [2.45, 2.75) is 78.4 Å². The molecular formula is C16H32N2. The second kappa shape index (κ2) is 5.50. The van der Waals surface area contributed by atoms with Crippen molar-refractivity contribution < 1.29 is 0 Å². The molecule has 1 N–H and O–H groups in total. The Labute approximate surface area is 114 Å². The molecule has 0 bridgehead atoms. The Morgan fingerprint density at radius 2 is 1.39 bits per heavy atom. The molecule has 2 unspecified atom stereocenters. The van der Waals surface area contributed by atoms with Gasteiger partial charge in [-0.3, -0.25) is 4.90 Å². The topological polar surface area (TPSA) is 15.3 Å². The van der Waals surface area contributed by atoms with Gasteiger partial charge in [-0.25, -0.2) is 0 Å². The van der Waals surface area contributed by atoms with Crippen molar-refractivity contribution in [2.75, 3.05) is 13.1 Å². The van der Waals surface area contributed by atoms with E-state index in [9.17, 15) is 0 Å². The van der Waals surface area contributed by atoms with E-state index in [4.69, 9.17) is 0 Å². The fourth-order valence-corrected chi connectivity index (χ4v) is 3.97. The van der Waals surface area contributed by atoms with Crippen molar-refractivity contribution in [1.29, 1.82) is 0 Å². The van der Waals surface area contributed by atoms with Gasteiger partial charge in [-0.15, -0.1) is 0 Å². The Morgan fingerprint density at radius 1 is 0.889 bits per heavy atom. The Hall–Kier alpha value is -0.0800. The first kappa shape index (κ1) is 14.3. The molecule has 0 aromatic heterocycles. The normalized spacial score (nSPS) is 39.8. The minimum atomic E-state index is 0.509. The molecule has 2 rings (SSSR count). The Kier molecular flexibility index (Phi) is 4.38. The fraction of sp³-hybridized carbons (Fsp3) is 1.00. The van der Waals surface area contributed by atoms with Crippen LogP contribution in [0.3, 0.4) is 0 Å². The van der Waals surface area contributed by atoms with Gasteiger partial charge >= 0.3 is 0 Å². The first-order chi connectivity index (χ1) is 8.36. The first-order valence-electron chi connectivity index (χ1n) is 7.86. The van der Waals surface area contributed by atoms with E-state index in [1.807, 2.05) is 0 Å². The smallest absolute Gasteiger partial charge is 0.0169 e. The van der Waals surface area contributed by atoms with Crippen molar-refractivity contribution in [2.24, 2.45) is 11.3 Å². The van der Waals surface area contributed by atoms with Crippen LogP contribution >= 0.6 is 0 Å². The molecule has 1 saturated heterocycles. The number of nitrogens with zero attached hydrogens (tertiary/aromatic N) is 1. The van der Waals surface area contributed by atoms with Gasteiger partial charge in [-0.2, -0.15) is 0 Å². The molecule has 0 spiro atoms. The number of hydrogen-bond acceptors (Lipinski definition) is 2. The van der Waals surface area contributed by atoms with Gasteiger partial charge in [0.25, 0.3) is 0 Å². The maximum Gasteiger partial charge on any atom is 0.0169 e. The summed E-state index contributed by atoms with van der Waals surface area (Å²) in [6, 6.07) is 2.18. The highest BCUT2D eigenvalue weighted by atomic mass is 15.2. The van der Waals surface area contributed by atoms with Gasteiger partial charge in [0.1, 0.15) is 0 Å². The van der Waals surface area contributed by atoms with E-state index in [2.05, 4.69) is 44.8 Å². The molecule has 2 nitrogen and oxygen atoms in total. The van der Waals surface area contributed by atoms with Crippen molar-refractivity contribution in [3.63, 3.8) is 0 Å². The second-order valence-corrected chi connectivity index (χ2v) is 7.79. The molecule has 0 aromatic rings. The minimum absolute atomic E-state index is 0.509. The van der Waals surface area contributed by atoms with Gasteiger partial charge in [0.15, 0.2) is 0 Å². The third-order valence-electron chi connectivity index (χ3n) is 5.02. The van der Waals surface area contributed by atoms with Crippen LogP contribution in [-0.2, 0) is 0 Å². The van der Waals surface area contributed by atoms with Crippen LogP contribution in [0.4, 0.5) is 0 Å². The summed E-state index contributed by atoms with van der Waals surface area (Å²) < 4.78 is 0. The summed E-state index contributed by atoms with van der Waals surface area (Å²) in [5.74, 6) is 0.937. The van der Waals surface area contributed by atoms with Crippen LogP contribution in [-0.4, -0.2) is 36.1 Å². The van der Waals surface area contributed by atoms with Crippen LogP contribution in [0.1, 0.15) is 60.3 Å². The van der Waals surface area contributed by atoms with Crippen molar-refractivity contribution in [3.8, 4) is 0 Å². The van der Waals surface area contributed by atoms with Gasteiger partial charge in [0.05, 0.1) is 0 Å². The van der Waals surface area contributed by atoms with E-state index >= 15 is 0 Å². The largest absolute Gasteiger partial charge is 0.309 e. The van der Waals surface area contributed by atoms with Gasteiger partial charge in [0, 0.05) is 31.2 Å². The highest BCUT2D eigenvalue weighted by Gasteiger charge is 2.33. The van der Waals surface area contributed by atoms with Crippen molar-refractivity contribution in [3.05, 3.63) is 0 Å². The predicted molar refractivity (Wildman–Crippen MR) is 78.8 cm³/mol. The summed E-state index contributed by atoms with van der Waals surface area (Å²) in [5.41, 5.74) is 0.509. The van der Waals surface area contributed by atoms with Crippen LogP contribution in [0.25, 0.3) is 0 Å². The van der Waals surface area contributed by atoms with E-state index in [1.54, 1.807) is 0 Å². The molecule has 2 atom stereocenters. The van der Waals surface area contributed by atoms with E-state index in [0.717, 1.165) is 12.0 Å². The minimum Gasteiger partial charge on any atom is -0.309 e. The van der Waals surface area contributed by atoms with E-state index in [1.165, 1.54) is 38.8 Å². The molecule has 1 saturated carbocycles. The van der Waals surface area contributed by atoms with Gasteiger partial charge in [-0.1, -0.05) is 20.8 Å². The molecular weight excluding hydrogens is 220 g/mol. The summed E-state index contributed by atoms with van der Waals surface area (Å²) in [6.45, 7) is 14.4. The van der Waals surface area contributed by atoms with E-state index in [-0.39, 0.29) is 0 Å². The zero-order valence-electron chi connectivity index (χ0n) is 13.0. The van der Waals surface area contributed by atoms with E-state index in [0.29, 0.717) is 17.5 Å². The molecule has 18 heavy (non-hydrogen) atoms. The highest BCUT2D eigenvalue weighted by Crippen LogP contribution is 2.39. The van der Waals surface area contributed by atoms with Gasteiger partial charge < -0.3 is 5.32 Å². The van der Waals surface area contributed by atoms with Crippen LogP contribution in [0.15, 0.2) is 0 Å². The summed E-state index contributed by atoms with van der Waals surface area (Å²) in [4.78, 5) is 2.75. The molecule has 106 valence electrons. The molecule has 0 aromatic carbocycles. The molecule has 2 aliphatic rings. The number of piperazine rings is 1. The second-order valence-electron chi connectivity index (χ2n) is 7.79. The van der Waals surface area contributed by atoms with Crippen LogP contribution < -0.4 is 5.32 Å². The van der Waals surface area contributed by atoms with Gasteiger partial charge in [-0.05, 0) is 50.9 Å². The molecule has 1 aliphatic carbocycles. The highest BCUT2D eigenvalue weighted by molar-refractivity contribution is 4.89. The Morgan fingerprint density at radius 3 is 1.83 bits per heavy atom. The molecule has 1 aliphatic heterocycles. The number of nitrogens with one attached hydrogen (secondary N) is 1. The average molecular weight is 252 g/mol. The summed E-state index contributed by atoms with van der Waals surface area (Å²) >= 11 is 0. The SMILES string of the molecule is CC1CN(C2CCC(C(C)(C)C)CC2)CC(C)N1. The molecule has 0 radical (unpaired) electrons. The lowest BCUT2D eigenvalue weighted by atomic mass is 9.71. The average Bonchev–Trinajstić information content (AvgIpc) is 2.27. The maximum absolute atomic E-state index is 3.64. The van der Waals surface area contributed by atoms with Crippen molar-refractivity contribution in [1.82, 2.24) is 10.2 Å². The zero-order valence-corrected chi connectivity index (χ0v) is 13.0.